The summed E-state index contributed by atoms with van der Waals surface area (Å²) in [4.78, 5) is 38.0. The third-order valence-corrected chi connectivity index (χ3v) is 5.51. The molecule has 1 aliphatic rings. The monoisotopic (exact) mass is 451 g/mol. The maximum Gasteiger partial charge on any atom is 0.412 e. The zero-order valence-corrected chi connectivity index (χ0v) is 17.3. The van der Waals surface area contributed by atoms with E-state index in [1.165, 1.54) is 23.9 Å². The first-order valence-corrected chi connectivity index (χ1v) is 10.4. The van der Waals surface area contributed by atoms with Gasteiger partial charge in [-0.2, -0.15) is 13.2 Å². The number of amides is 1. The number of rotatable bonds is 8. The van der Waals surface area contributed by atoms with Gasteiger partial charge in [-0.05, 0) is 31.4 Å². The fourth-order valence-electron chi connectivity index (χ4n) is 2.99. The lowest BCUT2D eigenvalue weighted by Crippen LogP contribution is -2.26. The Kier molecular flexibility index (Phi) is 6.84. The van der Waals surface area contributed by atoms with Crippen molar-refractivity contribution in [2.75, 3.05) is 12.3 Å². The molecule has 2 heterocycles. The molecule has 0 aromatic carbocycles. The van der Waals surface area contributed by atoms with Crippen molar-refractivity contribution in [3.63, 3.8) is 0 Å². The maximum atomic E-state index is 12.8. The molecule has 2 aromatic heterocycles. The summed E-state index contributed by atoms with van der Waals surface area (Å²) in [5.41, 5.74) is 0.507. The second-order valence-electron chi connectivity index (χ2n) is 6.65. The first-order valence-electron chi connectivity index (χ1n) is 9.39. The largest absolute Gasteiger partial charge is 0.412 e. The first-order chi connectivity index (χ1) is 14.7. The lowest BCUT2D eigenvalue weighted by molar-refractivity contribution is -0.0931. The van der Waals surface area contributed by atoms with Crippen molar-refractivity contribution in [3.8, 4) is 0 Å². The minimum atomic E-state index is -4.39. The molecule has 3 N–H and O–H groups in total. The lowest BCUT2D eigenvalue weighted by atomic mass is 10.00. The van der Waals surface area contributed by atoms with Crippen molar-refractivity contribution >= 4 is 35.9 Å². The van der Waals surface area contributed by atoms with Crippen molar-refractivity contribution in [3.05, 3.63) is 57.6 Å². The second kappa shape index (κ2) is 9.38. The van der Waals surface area contributed by atoms with Gasteiger partial charge in [0.25, 0.3) is 11.5 Å². The number of fused-ring (bicyclic) bond motifs is 1. The zero-order valence-electron chi connectivity index (χ0n) is 16.4. The zero-order chi connectivity index (χ0) is 22.6. The van der Waals surface area contributed by atoms with Crippen molar-refractivity contribution in [1.29, 1.82) is 0 Å². The van der Waals surface area contributed by atoms with E-state index in [0.717, 1.165) is 6.08 Å². The van der Waals surface area contributed by atoms with Crippen LogP contribution in [0.15, 0.2) is 28.7 Å². The van der Waals surface area contributed by atoms with E-state index in [-0.39, 0.29) is 29.9 Å². The summed E-state index contributed by atoms with van der Waals surface area (Å²) in [7, 11) is 0. The van der Waals surface area contributed by atoms with Crippen LogP contribution in [0.5, 0.6) is 0 Å². The minimum absolute atomic E-state index is 0.0148. The van der Waals surface area contributed by atoms with E-state index in [4.69, 9.17) is 0 Å². The Morgan fingerprint density at radius 3 is 2.68 bits per heavy atom. The van der Waals surface area contributed by atoms with E-state index in [2.05, 4.69) is 38.4 Å². The van der Waals surface area contributed by atoms with Gasteiger partial charge in [-0.1, -0.05) is 31.0 Å². The van der Waals surface area contributed by atoms with Gasteiger partial charge in [0.15, 0.2) is 11.0 Å². The van der Waals surface area contributed by atoms with Crippen molar-refractivity contribution < 1.29 is 18.0 Å². The number of aromatic nitrogens is 4. The number of thioether (sulfide) groups is 1. The molecule has 7 nitrogen and oxygen atoms in total. The van der Waals surface area contributed by atoms with E-state index in [0.29, 0.717) is 40.8 Å². The smallest absolute Gasteiger partial charge is 0.349 e. The molecule has 0 radical (unpaired) electrons. The van der Waals surface area contributed by atoms with E-state index in [1.54, 1.807) is 0 Å². The second-order valence-corrected chi connectivity index (χ2v) is 7.74. The van der Waals surface area contributed by atoms with Crippen molar-refractivity contribution in [1.82, 2.24) is 25.3 Å². The molecule has 1 amide bonds. The molecule has 1 aliphatic carbocycles. The van der Waals surface area contributed by atoms with Crippen LogP contribution in [0.1, 0.15) is 46.1 Å². The fourth-order valence-corrected chi connectivity index (χ4v) is 3.80. The van der Waals surface area contributed by atoms with Crippen LogP contribution in [0.25, 0.3) is 18.2 Å². The average Bonchev–Trinajstić information content (AvgIpc) is 3.15. The number of carbonyl (C=O) groups excluding carboxylic acids is 1. The summed E-state index contributed by atoms with van der Waals surface area (Å²) < 4.78 is 38.5. The molecule has 0 unspecified atom stereocenters. The van der Waals surface area contributed by atoms with Crippen LogP contribution < -0.4 is 10.9 Å². The Hall–Kier alpha value is -3.08. The fraction of sp³-hybridized carbons (Fsp3) is 0.300. The van der Waals surface area contributed by atoms with Crippen LogP contribution in [0, 0.1) is 0 Å². The third-order valence-electron chi connectivity index (χ3n) is 4.55. The molecule has 3 rings (SSSR count). The normalized spacial score (nSPS) is 13.3. The maximum absolute atomic E-state index is 12.8. The van der Waals surface area contributed by atoms with Gasteiger partial charge in [0, 0.05) is 23.6 Å². The molecule has 0 fully saturated rings. The SMILES string of the molecule is C=Cc1nc(SCCCNC(=O)c2nc3c([nH]2)CCC(C(F)(F)F)=C3)[nH]c(=O)c1C=C. The van der Waals surface area contributed by atoms with Gasteiger partial charge in [-0.15, -0.1) is 0 Å². The van der Waals surface area contributed by atoms with Crippen LogP contribution in [0.3, 0.4) is 0 Å². The van der Waals surface area contributed by atoms with E-state index in [1.807, 2.05) is 0 Å². The molecule has 0 aliphatic heterocycles. The number of hydrogen-bond acceptors (Lipinski definition) is 5. The molecule has 0 bridgehead atoms. The number of H-pyrrole nitrogens is 2. The quantitative estimate of drug-likeness (QED) is 0.323. The summed E-state index contributed by atoms with van der Waals surface area (Å²) in [6.45, 7) is 7.53. The number of imidazole rings is 1. The molecule has 0 spiro atoms. The standard InChI is InChI=1S/C20H20F3N5O2S/c1-3-12-13(4-2)27-19(28-17(12)29)31-9-5-8-24-18(30)16-25-14-7-6-11(20(21,22)23)10-15(14)26-16/h3-4,10H,1-2,5-9H2,(H,24,30)(H,25,26)(H,27,28,29). The summed E-state index contributed by atoms with van der Waals surface area (Å²) in [5.74, 6) is 0.0654. The van der Waals surface area contributed by atoms with E-state index in [9.17, 15) is 22.8 Å². The lowest BCUT2D eigenvalue weighted by Gasteiger charge is -2.14. The Labute approximate surface area is 180 Å². The van der Waals surface area contributed by atoms with Gasteiger partial charge in [-0.3, -0.25) is 9.59 Å². The average molecular weight is 451 g/mol. The van der Waals surface area contributed by atoms with Crippen LogP contribution in [-0.2, 0) is 6.42 Å². The van der Waals surface area contributed by atoms with Crippen LogP contribution in [-0.4, -0.2) is 44.3 Å². The Morgan fingerprint density at radius 2 is 2.00 bits per heavy atom. The highest BCUT2D eigenvalue weighted by Gasteiger charge is 2.35. The van der Waals surface area contributed by atoms with E-state index < -0.39 is 17.7 Å². The Bertz CT molecular complexity index is 1100. The number of carbonyl (C=O) groups is 1. The highest BCUT2D eigenvalue weighted by atomic mass is 32.2. The number of hydrogen-bond donors (Lipinski definition) is 3. The number of aryl methyl sites for hydroxylation is 1. The number of nitrogens with zero attached hydrogens (tertiary/aromatic N) is 2. The molecule has 164 valence electrons. The van der Waals surface area contributed by atoms with Crippen molar-refractivity contribution in [2.24, 2.45) is 0 Å². The van der Waals surface area contributed by atoms with Gasteiger partial charge in [0.1, 0.15) is 0 Å². The number of allylic oxidation sites excluding steroid dienone is 1. The third kappa shape index (κ3) is 5.35. The molecule has 0 atom stereocenters. The van der Waals surface area contributed by atoms with Crippen LogP contribution >= 0.6 is 11.8 Å². The summed E-state index contributed by atoms with van der Waals surface area (Å²) >= 11 is 1.32. The predicted octanol–water partition coefficient (Wildman–Crippen LogP) is 3.58. The number of nitrogens with one attached hydrogen (secondary N) is 3. The summed E-state index contributed by atoms with van der Waals surface area (Å²) in [6, 6.07) is 0. The van der Waals surface area contributed by atoms with Gasteiger partial charge in [0.2, 0.25) is 0 Å². The van der Waals surface area contributed by atoms with Gasteiger partial charge >= 0.3 is 6.18 Å². The van der Waals surface area contributed by atoms with Gasteiger partial charge < -0.3 is 15.3 Å². The summed E-state index contributed by atoms with van der Waals surface area (Å²) in [6.07, 6.45) is 0.0608. The molecule has 31 heavy (non-hydrogen) atoms. The number of alkyl halides is 3. The highest BCUT2D eigenvalue weighted by Crippen LogP contribution is 2.34. The predicted molar refractivity (Wildman–Crippen MR) is 114 cm³/mol. The van der Waals surface area contributed by atoms with E-state index >= 15 is 0 Å². The Balaban J connectivity index is 1.51. The van der Waals surface area contributed by atoms with Crippen LogP contribution in [0.2, 0.25) is 0 Å². The highest BCUT2D eigenvalue weighted by molar-refractivity contribution is 7.99. The topological polar surface area (TPSA) is 104 Å². The summed E-state index contributed by atoms with van der Waals surface area (Å²) in [5, 5.41) is 3.11. The van der Waals surface area contributed by atoms with Crippen molar-refractivity contribution in [2.45, 2.75) is 30.6 Å². The molecule has 2 aromatic rings. The molecular formula is C20H20F3N5O2S. The number of halogens is 3. The number of aromatic amines is 2. The van der Waals surface area contributed by atoms with Crippen LogP contribution in [0.4, 0.5) is 13.2 Å². The first kappa shape index (κ1) is 22.6. The molecule has 11 heteroatoms. The molecular weight excluding hydrogens is 431 g/mol. The Morgan fingerprint density at radius 1 is 1.23 bits per heavy atom. The van der Waals surface area contributed by atoms with Gasteiger partial charge in [0.05, 0.1) is 17.0 Å². The van der Waals surface area contributed by atoms with Gasteiger partial charge in [-0.25, -0.2) is 9.97 Å². The molecule has 0 saturated heterocycles. The minimum Gasteiger partial charge on any atom is -0.349 e. The molecule has 0 saturated carbocycles.